The van der Waals surface area contributed by atoms with Gasteiger partial charge in [-0.15, -0.1) is 5.10 Å². The van der Waals surface area contributed by atoms with E-state index in [-0.39, 0.29) is 18.9 Å². The third-order valence-electron chi connectivity index (χ3n) is 2.99. The average molecular weight is 352 g/mol. The van der Waals surface area contributed by atoms with E-state index >= 15 is 0 Å². The molecule has 1 aromatic carbocycles. The molecule has 0 unspecified atom stereocenters. The number of hydrogen-bond donors (Lipinski definition) is 2. The Bertz CT molecular complexity index is 815. The van der Waals surface area contributed by atoms with E-state index in [1.165, 1.54) is 0 Å². The van der Waals surface area contributed by atoms with Crippen molar-refractivity contribution in [3.05, 3.63) is 30.6 Å². The van der Waals surface area contributed by atoms with Crippen molar-refractivity contribution in [3.8, 4) is 5.69 Å². The van der Waals surface area contributed by atoms with Crippen LogP contribution in [0, 0.1) is 0 Å². The minimum absolute atomic E-state index is 0.0470. The molecule has 1 aromatic heterocycles. The van der Waals surface area contributed by atoms with Gasteiger partial charge in [-0.1, -0.05) is 6.07 Å². The maximum atomic E-state index is 11.9. The molecule has 0 fully saturated rings. The average Bonchev–Trinajstić information content (AvgIpc) is 2.96. The highest BCUT2D eigenvalue weighted by Crippen LogP contribution is 2.15. The van der Waals surface area contributed by atoms with Gasteiger partial charge in [-0.2, -0.15) is 4.98 Å². The van der Waals surface area contributed by atoms with E-state index in [1.807, 2.05) is 20.2 Å². The summed E-state index contributed by atoms with van der Waals surface area (Å²) in [7, 11) is 0.403. The first-order valence-electron chi connectivity index (χ1n) is 7.18. The highest BCUT2D eigenvalue weighted by Gasteiger charge is 2.08. The second kappa shape index (κ2) is 7.41. The number of nitrogens with zero attached hydrogens (tertiary/aromatic N) is 4. The van der Waals surface area contributed by atoms with Crippen molar-refractivity contribution in [2.75, 3.05) is 37.1 Å². The number of carbonyl (C=O) groups excluding carboxylic acids is 1. The van der Waals surface area contributed by atoms with E-state index in [0.717, 1.165) is 11.9 Å². The Morgan fingerprint density at radius 1 is 1.33 bits per heavy atom. The normalized spacial score (nSPS) is 11.3. The van der Waals surface area contributed by atoms with Crippen molar-refractivity contribution in [3.63, 3.8) is 0 Å². The fraction of sp³-hybridized carbons (Fsp3) is 0.357. The van der Waals surface area contributed by atoms with Gasteiger partial charge in [-0.25, -0.2) is 17.8 Å². The van der Waals surface area contributed by atoms with Gasteiger partial charge in [0.1, 0.15) is 6.33 Å². The SMILES string of the molecule is CN(C)c1ncn(-c2cccc(NC(=O)CCNS(C)(=O)=O)c2)n1. The molecule has 0 saturated carbocycles. The molecule has 0 aliphatic rings. The molecular weight excluding hydrogens is 332 g/mol. The zero-order valence-corrected chi connectivity index (χ0v) is 14.5. The molecular formula is C14H20N6O3S. The molecule has 24 heavy (non-hydrogen) atoms. The lowest BCUT2D eigenvalue weighted by molar-refractivity contribution is -0.116. The molecule has 10 heteroatoms. The van der Waals surface area contributed by atoms with Gasteiger partial charge in [0.05, 0.1) is 11.9 Å². The Labute approximate surface area is 140 Å². The highest BCUT2D eigenvalue weighted by molar-refractivity contribution is 7.88. The molecule has 0 radical (unpaired) electrons. The van der Waals surface area contributed by atoms with Gasteiger partial charge in [-0.05, 0) is 18.2 Å². The van der Waals surface area contributed by atoms with E-state index in [4.69, 9.17) is 0 Å². The van der Waals surface area contributed by atoms with E-state index < -0.39 is 10.0 Å². The number of carbonyl (C=O) groups is 1. The van der Waals surface area contributed by atoms with E-state index in [1.54, 1.807) is 34.1 Å². The van der Waals surface area contributed by atoms with Crippen LogP contribution in [-0.4, -0.2) is 56.0 Å². The van der Waals surface area contributed by atoms with Crippen LogP contribution in [0.5, 0.6) is 0 Å². The number of aromatic nitrogens is 3. The van der Waals surface area contributed by atoms with Crippen LogP contribution in [-0.2, 0) is 14.8 Å². The van der Waals surface area contributed by atoms with Crippen LogP contribution in [0.25, 0.3) is 5.69 Å². The molecule has 0 aliphatic carbocycles. The Morgan fingerprint density at radius 3 is 2.71 bits per heavy atom. The molecule has 9 nitrogen and oxygen atoms in total. The van der Waals surface area contributed by atoms with Gasteiger partial charge in [0.15, 0.2) is 0 Å². The van der Waals surface area contributed by atoms with E-state index in [0.29, 0.717) is 11.6 Å². The minimum Gasteiger partial charge on any atom is -0.346 e. The summed E-state index contributed by atoms with van der Waals surface area (Å²) in [6, 6.07) is 7.14. The summed E-state index contributed by atoms with van der Waals surface area (Å²) in [6.45, 7) is 0.0552. The van der Waals surface area contributed by atoms with Gasteiger partial charge < -0.3 is 10.2 Å². The first-order chi connectivity index (χ1) is 11.2. The standard InChI is InChI=1S/C14H20N6O3S/c1-19(2)14-15-10-20(18-14)12-6-4-5-11(9-12)17-13(21)7-8-16-24(3,22)23/h4-6,9-10,16H,7-8H2,1-3H3,(H,17,21). The van der Waals surface area contributed by atoms with E-state index in [9.17, 15) is 13.2 Å². The van der Waals surface area contributed by atoms with Crippen molar-refractivity contribution in [2.45, 2.75) is 6.42 Å². The number of sulfonamides is 1. The van der Waals surface area contributed by atoms with Crippen molar-refractivity contribution < 1.29 is 13.2 Å². The van der Waals surface area contributed by atoms with Crippen LogP contribution in [0.4, 0.5) is 11.6 Å². The van der Waals surface area contributed by atoms with Crippen LogP contribution in [0.15, 0.2) is 30.6 Å². The summed E-state index contributed by atoms with van der Waals surface area (Å²) in [5.74, 6) is 0.298. The quantitative estimate of drug-likeness (QED) is 0.737. The van der Waals surface area contributed by atoms with Gasteiger partial charge in [0.25, 0.3) is 0 Å². The van der Waals surface area contributed by atoms with Crippen LogP contribution >= 0.6 is 0 Å². The van der Waals surface area contributed by atoms with Crippen LogP contribution in [0.1, 0.15) is 6.42 Å². The zero-order chi connectivity index (χ0) is 17.7. The van der Waals surface area contributed by atoms with Crippen LogP contribution < -0.4 is 14.9 Å². The molecule has 1 amide bonds. The summed E-state index contributed by atoms with van der Waals surface area (Å²) in [5.41, 5.74) is 1.35. The van der Waals surface area contributed by atoms with Crippen molar-refractivity contribution in [1.82, 2.24) is 19.5 Å². The molecule has 130 valence electrons. The molecule has 0 atom stereocenters. The summed E-state index contributed by atoms with van der Waals surface area (Å²) < 4.78 is 25.8. The predicted molar refractivity (Wildman–Crippen MR) is 91.8 cm³/mol. The highest BCUT2D eigenvalue weighted by atomic mass is 32.2. The van der Waals surface area contributed by atoms with Crippen molar-refractivity contribution in [2.24, 2.45) is 0 Å². The molecule has 2 N–H and O–H groups in total. The number of hydrogen-bond acceptors (Lipinski definition) is 6. The van der Waals surface area contributed by atoms with Crippen molar-refractivity contribution >= 4 is 27.6 Å². The summed E-state index contributed by atoms with van der Waals surface area (Å²) in [5, 5.41) is 7.04. The molecule has 0 bridgehead atoms. The van der Waals surface area contributed by atoms with Crippen molar-refractivity contribution in [1.29, 1.82) is 0 Å². The number of benzene rings is 1. The molecule has 2 aromatic rings. The lowest BCUT2D eigenvalue weighted by atomic mass is 10.2. The monoisotopic (exact) mass is 352 g/mol. The lowest BCUT2D eigenvalue weighted by Crippen LogP contribution is -2.26. The predicted octanol–water partition coefficient (Wildman–Crippen LogP) is 0.211. The molecule has 1 heterocycles. The summed E-state index contributed by atoms with van der Waals surface area (Å²) in [4.78, 5) is 17.8. The Balaban J connectivity index is 2.00. The number of nitrogens with one attached hydrogen (secondary N) is 2. The molecule has 0 aliphatic heterocycles. The first kappa shape index (κ1) is 17.9. The molecule has 0 saturated heterocycles. The molecule has 2 rings (SSSR count). The zero-order valence-electron chi connectivity index (χ0n) is 13.7. The number of anilines is 2. The number of rotatable bonds is 7. The summed E-state index contributed by atoms with van der Waals surface area (Å²) in [6.07, 6.45) is 2.69. The van der Waals surface area contributed by atoms with Gasteiger partial charge in [0, 0.05) is 32.7 Å². The lowest BCUT2D eigenvalue weighted by Gasteiger charge is -2.08. The van der Waals surface area contributed by atoms with Crippen LogP contribution in [0.2, 0.25) is 0 Å². The Kier molecular flexibility index (Phi) is 5.52. The second-order valence-corrected chi connectivity index (χ2v) is 7.23. The van der Waals surface area contributed by atoms with E-state index in [2.05, 4.69) is 20.1 Å². The first-order valence-corrected chi connectivity index (χ1v) is 9.07. The largest absolute Gasteiger partial charge is 0.346 e. The maximum absolute atomic E-state index is 11.9. The van der Waals surface area contributed by atoms with Gasteiger partial charge in [0.2, 0.25) is 21.9 Å². The molecule has 0 spiro atoms. The fourth-order valence-corrected chi connectivity index (χ4v) is 2.36. The second-order valence-electron chi connectivity index (χ2n) is 5.40. The fourth-order valence-electron chi connectivity index (χ4n) is 1.88. The van der Waals surface area contributed by atoms with Gasteiger partial charge in [-0.3, -0.25) is 4.79 Å². The Morgan fingerprint density at radius 2 is 2.08 bits per heavy atom. The third kappa shape index (κ3) is 5.32. The number of amides is 1. The minimum atomic E-state index is -3.29. The maximum Gasteiger partial charge on any atom is 0.244 e. The summed E-state index contributed by atoms with van der Waals surface area (Å²) >= 11 is 0. The van der Waals surface area contributed by atoms with Crippen LogP contribution in [0.3, 0.4) is 0 Å². The Hall–Kier alpha value is -2.46. The smallest absolute Gasteiger partial charge is 0.244 e. The third-order valence-corrected chi connectivity index (χ3v) is 3.72. The van der Waals surface area contributed by atoms with Gasteiger partial charge >= 0.3 is 0 Å². The topological polar surface area (TPSA) is 109 Å².